The number of anilines is 1. The Morgan fingerprint density at radius 2 is 1.96 bits per heavy atom. The summed E-state index contributed by atoms with van der Waals surface area (Å²) in [4.78, 5) is 35.6. The van der Waals surface area contributed by atoms with Gasteiger partial charge in [0.15, 0.2) is 0 Å². The van der Waals surface area contributed by atoms with Gasteiger partial charge in [-0.05, 0) is 49.2 Å². The number of nitrogens with one attached hydrogen (secondary N) is 1. The van der Waals surface area contributed by atoms with E-state index in [0.717, 1.165) is 10.9 Å². The van der Waals surface area contributed by atoms with E-state index in [-0.39, 0.29) is 11.8 Å². The summed E-state index contributed by atoms with van der Waals surface area (Å²) < 4.78 is 2.69. The molecule has 28 heavy (non-hydrogen) atoms. The molecule has 1 unspecified atom stereocenters. The predicted octanol–water partition coefficient (Wildman–Crippen LogP) is 3.27. The van der Waals surface area contributed by atoms with Gasteiger partial charge in [0.05, 0.1) is 11.9 Å². The molecule has 0 aliphatic carbocycles. The average molecular weight is 440 g/mol. The van der Waals surface area contributed by atoms with Gasteiger partial charge >= 0.3 is 0 Å². The molecular weight excluding hydrogens is 422 g/mol. The number of amides is 2. The Balaban J connectivity index is 1.45. The van der Waals surface area contributed by atoms with Crippen LogP contribution >= 0.6 is 15.9 Å². The summed E-state index contributed by atoms with van der Waals surface area (Å²) in [5.74, 6) is 0.391. The van der Waals surface area contributed by atoms with Crippen molar-refractivity contribution in [2.24, 2.45) is 0 Å². The van der Waals surface area contributed by atoms with E-state index in [9.17, 15) is 9.59 Å². The number of halogens is 1. The van der Waals surface area contributed by atoms with Gasteiger partial charge in [0.2, 0.25) is 5.91 Å². The summed E-state index contributed by atoms with van der Waals surface area (Å²) >= 11 is 3.37. The lowest BCUT2D eigenvalue weighted by molar-refractivity contribution is -0.119. The van der Waals surface area contributed by atoms with Crippen LogP contribution in [-0.2, 0) is 4.79 Å². The number of carbonyl (C=O) groups is 2. The molecule has 1 N–H and O–H groups in total. The van der Waals surface area contributed by atoms with Crippen LogP contribution < -0.4 is 5.32 Å². The number of likely N-dealkylation sites (tertiary alicyclic amines) is 1. The summed E-state index contributed by atoms with van der Waals surface area (Å²) in [6.07, 6.45) is 8.18. The Bertz CT molecular complexity index is 971. The van der Waals surface area contributed by atoms with Crippen molar-refractivity contribution in [3.63, 3.8) is 0 Å². The van der Waals surface area contributed by atoms with E-state index < -0.39 is 6.04 Å². The molecule has 1 fully saturated rings. The SMILES string of the molecule is O=C(Nc1ccc(-n2ccnc2)nc1)C1CCCN1C(=O)c1ccc(Br)cc1. The van der Waals surface area contributed by atoms with Gasteiger partial charge in [-0.1, -0.05) is 15.9 Å². The number of rotatable bonds is 4. The van der Waals surface area contributed by atoms with E-state index in [0.29, 0.717) is 30.0 Å². The second kappa shape index (κ2) is 7.93. The number of hydrogen-bond donors (Lipinski definition) is 1. The zero-order valence-corrected chi connectivity index (χ0v) is 16.5. The molecule has 0 spiro atoms. The normalized spacial score (nSPS) is 16.2. The highest BCUT2D eigenvalue weighted by molar-refractivity contribution is 9.10. The molecule has 2 aromatic heterocycles. The lowest BCUT2D eigenvalue weighted by Gasteiger charge is -2.24. The van der Waals surface area contributed by atoms with E-state index in [1.165, 1.54) is 0 Å². The molecule has 1 saturated heterocycles. The van der Waals surface area contributed by atoms with Crippen LogP contribution in [0.1, 0.15) is 23.2 Å². The van der Waals surface area contributed by atoms with Crippen molar-refractivity contribution >= 4 is 33.4 Å². The van der Waals surface area contributed by atoms with Crippen LogP contribution in [-0.4, -0.2) is 43.8 Å². The highest BCUT2D eigenvalue weighted by Gasteiger charge is 2.34. The lowest BCUT2D eigenvalue weighted by atomic mass is 10.1. The van der Waals surface area contributed by atoms with Crippen molar-refractivity contribution in [2.75, 3.05) is 11.9 Å². The largest absolute Gasteiger partial charge is 0.327 e. The van der Waals surface area contributed by atoms with E-state index >= 15 is 0 Å². The van der Waals surface area contributed by atoms with Crippen LogP contribution in [0.3, 0.4) is 0 Å². The maximum absolute atomic E-state index is 12.8. The molecule has 142 valence electrons. The van der Waals surface area contributed by atoms with Gasteiger partial charge in [-0.2, -0.15) is 0 Å². The number of aromatic nitrogens is 3. The van der Waals surface area contributed by atoms with Crippen LogP contribution in [0.15, 0.2) is 65.8 Å². The summed E-state index contributed by atoms with van der Waals surface area (Å²) in [6.45, 7) is 0.574. The van der Waals surface area contributed by atoms with Crippen molar-refractivity contribution in [3.05, 3.63) is 71.4 Å². The zero-order chi connectivity index (χ0) is 19.5. The van der Waals surface area contributed by atoms with E-state index in [1.54, 1.807) is 58.7 Å². The molecule has 0 saturated carbocycles. The molecule has 1 atom stereocenters. The van der Waals surface area contributed by atoms with Crippen molar-refractivity contribution < 1.29 is 9.59 Å². The minimum atomic E-state index is -0.482. The van der Waals surface area contributed by atoms with Crippen LogP contribution in [0.25, 0.3) is 5.82 Å². The standard InChI is InChI=1S/C20H18BrN5O2/c21-15-5-3-14(4-6-15)20(28)26-10-1-2-17(26)19(27)24-16-7-8-18(23-12-16)25-11-9-22-13-25/h3-9,11-13,17H,1-2,10H2,(H,24,27). The fraction of sp³-hybridized carbons (Fsp3) is 0.200. The number of imidazole rings is 1. The molecule has 8 heteroatoms. The molecule has 3 heterocycles. The van der Waals surface area contributed by atoms with Gasteiger partial charge in [0.1, 0.15) is 18.2 Å². The second-order valence-corrected chi connectivity index (χ2v) is 7.44. The lowest BCUT2D eigenvalue weighted by Crippen LogP contribution is -2.43. The molecule has 3 aromatic rings. The van der Waals surface area contributed by atoms with Crippen LogP contribution in [0.5, 0.6) is 0 Å². The van der Waals surface area contributed by atoms with Gasteiger partial charge in [-0.15, -0.1) is 0 Å². The van der Waals surface area contributed by atoms with Crippen LogP contribution in [0.4, 0.5) is 5.69 Å². The third-order valence-electron chi connectivity index (χ3n) is 4.69. The first kappa shape index (κ1) is 18.4. The Morgan fingerprint density at radius 1 is 1.14 bits per heavy atom. The number of pyridine rings is 1. The highest BCUT2D eigenvalue weighted by atomic mass is 79.9. The maximum Gasteiger partial charge on any atom is 0.254 e. The Kier molecular flexibility index (Phi) is 5.21. The number of benzene rings is 1. The van der Waals surface area contributed by atoms with E-state index in [4.69, 9.17) is 0 Å². The topological polar surface area (TPSA) is 80.1 Å². The first-order valence-corrected chi connectivity index (χ1v) is 9.73. The maximum atomic E-state index is 12.8. The zero-order valence-electron chi connectivity index (χ0n) is 15.0. The van der Waals surface area contributed by atoms with Gasteiger partial charge in [-0.3, -0.25) is 14.2 Å². The average Bonchev–Trinajstić information content (AvgIpc) is 3.41. The van der Waals surface area contributed by atoms with Gasteiger partial charge < -0.3 is 10.2 Å². The van der Waals surface area contributed by atoms with E-state index in [2.05, 4.69) is 31.2 Å². The molecule has 1 aliphatic rings. The number of carbonyl (C=O) groups excluding carboxylic acids is 2. The Hall–Kier alpha value is -3.00. The summed E-state index contributed by atoms with van der Waals surface area (Å²) in [5.41, 5.74) is 1.17. The monoisotopic (exact) mass is 439 g/mol. The summed E-state index contributed by atoms with van der Waals surface area (Å²) in [5, 5.41) is 2.87. The third-order valence-corrected chi connectivity index (χ3v) is 5.22. The minimum Gasteiger partial charge on any atom is -0.327 e. The molecule has 7 nitrogen and oxygen atoms in total. The fourth-order valence-corrected chi connectivity index (χ4v) is 3.54. The first-order valence-electron chi connectivity index (χ1n) is 8.93. The molecule has 1 aliphatic heterocycles. The molecular formula is C20H18BrN5O2. The molecule has 2 amide bonds. The molecule has 4 rings (SSSR count). The van der Waals surface area contributed by atoms with Crippen molar-refractivity contribution in [1.29, 1.82) is 0 Å². The van der Waals surface area contributed by atoms with Crippen LogP contribution in [0, 0.1) is 0 Å². The van der Waals surface area contributed by atoms with Crippen molar-refractivity contribution in [2.45, 2.75) is 18.9 Å². The quantitative estimate of drug-likeness (QED) is 0.676. The highest BCUT2D eigenvalue weighted by Crippen LogP contribution is 2.22. The van der Waals surface area contributed by atoms with Crippen molar-refractivity contribution in [3.8, 4) is 5.82 Å². The molecule has 1 aromatic carbocycles. The Labute approximate surface area is 170 Å². The number of hydrogen-bond acceptors (Lipinski definition) is 4. The summed E-state index contributed by atoms with van der Waals surface area (Å²) in [7, 11) is 0. The number of nitrogens with zero attached hydrogens (tertiary/aromatic N) is 4. The first-order chi connectivity index (χ1) is 13.6. The minimum absolute atomic E-state index is 0.126. The van der Waals surface area contributed by atoms with Gasteiger partial charge in [0, 0.05) is 29.0 Å². The van der Waals surface area contributed by atoms with Gasteiger partial charge in [0.25, 0.3) is 5.91 Å². The second-order valence-electron chi connectivity index (χ2n) is 6.53. The predicted molar refractivity (Wildman–Crippen MR) is 108 cm³/mol. The van der Waals surface area contributed by atoms with Crippen LogP contribution in [0.2, 0.25) is 0 Å². The smallest absolute Gasteiger partial charge is 0.254 e. The molecule has 0 radical (unpaired) electrons. The Morgan fingerprint density at radius 3 is 2.64 bits per heavy atom. The third kappa shape index (κ3) is 3.82. The molecule has 0 bridgehead atoms. The van der Waals surface area contributed by atoms with E-state index in [1.807, 2.05) is 12.1 Å². The van der Waals surface area contributed by atoms with Crippen molar-refractivity contribution in [1.82, 2.24) is 19.4 Å². The fourth-order valence-electron chi connectivity index (χ4n) is 3.27. The van der Waals surface area contributed by atoms with Gasteiger partial charge in [-0.25, -0.2) is 9.97 Å². The summed E-state index contributed by atoms with van der Waals surface area (Å²) in [6, 6.07) is 10.3.